The average molecular weight is 364 g/mol. The molecule has 1 amide bonds. The van der Waals surface area contributed by atoms with Gasteiger partial charge in [-0.3, -0.25) is 9.89 Å². The Kier molecular flexibility index (Phi) is 5.51. The third-order valence-corrected chi connectivity index (χ3v) is 3.87. The number of carbonyl (C=O) groups is 1. The minimum atomic E-state index is -0.433. The van der Waals surface area contributed by atoms with Crippen molar-refractivity contribution in [3.63, 3.8) is 0 Å². The number of nitrogens with zero attached hydrogens (tertiary/aromatic N) is 2. The van der Waals surface area contributed by atoms with Crippen molar-refractivity contribution >= 4 is 12.1 Å². The summed E-state index contributed by atoms with van der Waals surface area (Å²) in [6, 6.07) is 14.6. The number of para-hydroxylation sites is 1. The highest BCUT2D eigenvalue weighted by atomic mass is 16.5. The van der Waals surface area contributed by atoms with Gasteiger partial charge in [0.05, 0.1) is 18.5 Å². The van der Waals surface area contributed by atoms with E-state index in [1.54, 1.807) is 24.3 Å². The summed E-state index contributed by atoms with van der Waals surface area (Å²) >= 11 is 0. The van der Waals surface area contributed by atoms with Crippen LogP contribution < -0.4 is 10.2 Å². The fraction of sp³-hybridized carbons (Fsp3) is 0.150. The van der Waals surface area contributed by atoms with Gasteiger partial charge in [-0.1, -0.05) is 35.9 Å². The van der Waals surface area contributed by atoms with Crippen molar-refractivity contribution in [3.8, 4) is 22.8 Å². The normalized spacial score (nSPS) is 10.9. The lowest BCUT2D eigenvalue weighted by Crippen LogP contribution is -2.18. The number of aryl methyl sites for hydroxylation is 1. The van der Waals surface area contributed by atoms with Crippen molar-refractivity contribution in [2.24, 2.45) is 5.10 Å². The van der Waals surface area contributed by atoms with Gasteiger partial charge in [-0.25, -0.2) is 5.43 Å². The molecule has 0 fully saturated rings. The summed E-state index contributed by atoms with van der Waals surface area (Å²) in [5.41, 5.74) is 5.87. The Hall–Kier alpha value is -3.61. The van der Waals surface area contributed by atoms with Crippen LogP contribution in [0.4, 0.5) is 0 Å². The second kappa shape index (κ2) is 8.18. The molecular formula is C20H20N4O3. The Bertz CT molecular complexity index is 962. The van der Waals surface area contributed by atoms with Crippen LogP contribution in [0.5, 0.6) is 11.5 Å². The van der Waals surface area contributed by atoms with Crippen molar-refractivity contribution in [1.82, 2.24) is 15.6 Å². The van der Waals surface area contributed by atoms with Gasteiger partial charge in [-0.05, 0) is 32.0 Å². The minimum absolute atomic E-state index is 0.0273. The average Bonchev–Trinajstić information content (AvgIpc) is 3.15. The number of aromatic nitrogens is 2. The number of rotatable bonds is 6. The van der Waals surface area contributed by atoms with Crippen LogP contribution in [-0.2, 0) is 0 Å². The van der Waals surface area contributed by atoms with Gasteiger partial charge in [-0.15, -0.1) is 0 Å². The van der Waals surface area contributed by atoms with Crippen molar-refractivity contribution in [2.75, 3.05) is 6.61 Å². The number of nitrogens with one attached hydrogen (secondary N) is 2. The molecule has 0 aliphatic heterocycles. The van der Waals surface area contributed by atoms with Crippen LogP contribution in [-0.4, -0.2) is 34.0 Å². The highest BCUT2D eigenvalue weighted by molar-refractivity contribution is 5.94. The summed E-state index contributed by atoms with van der Waals surface area (Å²) in [5.74, 6) is -0.0952. The Labute approximate surface area is 156 Å². The van der Waals surface area contributed by atoms with E-state index in [4.69, 9.17) is 4.74 Å². The number of amides is 1. The zero-order chi connectivity index (χ0) is 19.2. The predicted octanol–water partition coefficient (Wildman–Crippen LogP) is 3.25. The summed E-state index contributed by atoms with van der Waals surface area (Å²) in [5, 5.41) is 20.8. The maximum absolute atomic E-state index is 12.2. The molecule has 0 saturated carbocycles. The Morgan fingerprint density at radius 3 is 2.81 bits per heavy atom. The predicted molar refractivity (Wildman–Crippen MR) is 103 cm³/mol. The molecule has 7 heteroatoms. The molecule has 138 valence electrons. The molecule has 1 heterocycles. The minimum Gasteiger partial charge on any atom is -0.504 e. The highest BCUT2D eigenvalue weighted by Gasteiger charge is 2.11. The molecule has 27 heavy (non-hydrogen) atoms. The lowest BCUT2D eigenvalue weighted by atomic mass is 10.1. The topological polar surface area (TPSA) is 99.6 Å². The third-order valence-electron chi connectivity index (χ3n) is 3.87. The molecule has 7 nitrogen and oxygen atoms in total. The molecule has 0 aliphatic rings. The number of benzene rings is 2. The lowest BCUT2D eigenvalue weighted by Gasteiger charge is -2.07. The van der Waals surface area contributed by atoms with Gasteiger partial charge in [0.15, 0.2) is 11.5 Å². The zero-order valence-electron chi connectivity index (χ0n) is 15.1. The summed E-state index contributed by atoms with van der Waals surface area (Å²) in [6.45, 7) is 4.27. The number of ether oxygens (including phenoxy) is 1. The summed E-state index contributed by atoms with van der Waals surface area (Å²) in [7, 11) is 0. The molecule has 3 rings (SSSR count). The summed E-state index contributed by atoms with van der Waals surface area (Å²) in [4.78, 5) is 12.2. The molecule has 0 atom stereocenters. The van der Waals surface area contributed by atoms with E-state index in [0.29, 0.717) is 23.6 Å². The van der Waals surface area contributed by atoms with Crippen LogP contribution >= 0.6 is 0 Å². The zero-order valence-corrected chi connectivity index (χ0v) is 15.1. The number of carbonyl (C=O) groups excluding carboxylic acids is 1. The van der Waals surface area contributed by atoms with E-state index in [-0.39, 0.29) is 11.4 Å². The third kappa shape index (κ3) is 4.33. The first-order valence-corrected chi connectivity index (χ1v) is 8.49. The number of phenolic OH excluding ortho intramolecular Hbond substituents is 1. The number of hydrogen-bond acceptors (Lipinski definition) is 5. The Morgan fingerprint density at radius 2 is 2.07 bits per heavy atom. The molecule has 0 aliphatic carbocycles. The van der Waals surface area contributed by atoms with Crippen molar-refractivity contribution in [1.29, 1.82) is 0 Å². The SMILES string of the molecule is CCOc1cccc(C=NNC(=O)c2cc(-c3ccc(C)cc3)n[nH]2)c1O. The second-order valence-corrected chi connectivity index (χ2v) is 5.86. The molecule has 0 radical (unpaired) electrons. The number of aromatic hydroxyl groups is 1. The molecular weight excluding hydrogens is 344 g/mol. The number of hydrazone groups is 1. The fourth-order valence-corrected chi connectivity index (χ4v) is 2.45. The van der Waals surface area contributed by atoms with E-state index in [2.05, 4.69) is 20.7 Å². The van der Waals surface area contributed by atoms with Gasteiger partial charge in [0.2, 0.25) is 0 Å². The maximum Gasteiger partial charge on any atom is 0.289 e. The van der Waals surface area contributed by atoms with Crippen LogP contribution in [0.1, 0.15) is 28.5 Å². The quantitative estimate of drug-likeness (QED) is 0.462. The van der Waals surface area contributed by atoms with Crippen LogP contribution in [0.25, 0.3) is 11.3 Å². The van der Waals surface area contributed by atoms with Gasteiger partial charge in [0, 0.05) is 11.1 Å². The van der Waals surface area contributed by atoms with Crippen molar-refractivity contribution < 1.29 is 14.6 Å². The van der Waals surface area contributed by atoms with E-state index >= 15 is 0 Å². The van der Waals surface area contributed by atoms with Gasteiger partial charge >= 0.3 is 0 Å². The first kappa shape index (κ1) is 18.2. The molecule has 2 aromatic carbocycles. The maximum atomic E-state index is 12.2. The van der Waals surface area contributed by atoms with Gasteiger partial charge in [-0.2, -0.15) is 10.2 Å². The van der Waals surface area contributed by atoms with Gasteiger partial charge in [0.1, 0.15) is 5.69 Å². The van der Waals surface area contributed by atoms with Crippen LogP contribution in [0.3, 0.4) is 0 Å². The first-order chi connectivity index (χ1) is 13.1. The smallest absolute Gasteiger partial charge is 0.289 e. The number of phenols is 1. The van der Waals surface area contributed by atoms with E-state index in [9.17, 15) is 9.90 Å². The molecule has 0 spiro atoms. The molecule has 3 aromatic rings. The lowest BCUT2D eigenvalue weighted by molar-refractivity contribution is 0.0950. The molecule has 0 bridgehead atoms. The van der Waals surface area contributed by atoms with Gasteiger partial charge < -0.3 is 9.84 Å². The standard InChI is InChI=1S/C20H20N4O3/c1-3-27-18-6-4-5-15(19(18)25)12-21-24-20(26)17-11-16(22-23-17)14-9-7-13(2)8-10-14/h4-12,25H,3H2,1-2H3,(H,22,23)(H,24,26). The molecule has 0 unspecified atom stereocenters. The van der Waals surface area contributed by atoms with Crippen molar-refractivity contribution in [2.45, 2.75) is 13.8 Å². The van der Waals surface area contributed by atoms with Crippen LogP contribution in [0, 0.1) is 6.92 Å². The van der Waals surface area contributed by atoms with E-state index < -0.39 is 5.91 Å². The van der Waals surface area contributed by atoms with Crippen LogP contribution in [0.15, 0.2) is 53.6 Å². The largest absolute Gasteiger partial charge is 0.504 e. The molecule has 0 saturated heterocycles. The van der Waals surface area contributed by atoms with Gasteiger partial charge in [0.25, 0.3) is 5.91 Å². The Morgan fingerprint density at radius 1 is 1.30 bits per heavy atom. The molecule has 1 aromatic heterocycles. The highest BCUT2D eigenvalue weighted by Crippen LogP contribution is 2.28. The molecule has 3 N–H and O–H groups in total. The van der Waals surface area contributed by atoms with E-state index in [1.807, 2.05) is 38.1 Å². The first-order valence-electron chi connectivity index (χ1n) is 8.49. The fourth-order valence-electron chi connectivity index (χ4n) is 2.45. The monoisotopic (exact) mass is 364 g/mol. The number of H-pyrrole nitrogens is 1. The number of aromatic amines is 1. The van der Waals surface area contributed by atoms with Crippen molar-refractivity contribution in [3.05, 3.63) is 65.4 Å². The van der Waals surface area contributed by atoms with E-state index in [1.165, 1.54) is 6.21 Å². The van der Waals surface area contributed by atoms with Crippen LogP contribution in [0.2, 0.25) is 0 Å². The summed E-state index contributed by atoms with van der Waals surface area (Å²) in [6.07, 6.45) is 1.35. The summed E-state index contributed by atoms with van der Waals surface area (Å²) < 4.78 is 5.31. The number of hydrogen-bond donors (Lipinski definition) is 3. The second-order valence-electron chi connectivity index (χ2n) is 5.86. The van der Waals surface area contributed by atoms with E-state index in [0.717, 1.165) is 11.1 Å². The Balaban J connectivity index is 1.67.